The number of carbonyl (C=O) groups excluding carboxylic acids is 1. The summed E-state index contributed by atoms with van der Waals surface area (Å²) in [4.78, 5) is 12.1. The van der Waals surface area contributed by atoms with Crippen molar-refractivity contribution < 1.29 is 9.53 Å². The Morgan fingerprint density at radius 2 is 2.11 bits per heavy atom. The first-order valence-corrected chi connectivity index (χ1v) is 7.53. The van der Waals surface area contributed by atoms with Crippen molar-refractivity contribution in [2.75, 3.05) is 6.54 Å². The number of ether oxygens (including phenoxy) is 1. The van der Waals surface area contributed by atoms with Crippen LogP contribution in [0.1, 0.15) is 20.8 Å². The first kappa shape index (κ1) is 16.3. The Labute approximate surface area is 127 Å². The van der Waals surface area contributed by atoms with Gasteiger partial charge in [0.05, 0.1) is 0 Å². The third-order valence-electron chi connectivity index (χ3n) is 2.67. The highest BCUT2D eigenvalue weighted by molar-refractivity contribution is 9.09. The van der Waals surface area contributed by atoms with Crippen molar-refractivity contribution in [1.29, 1.82) is 0 Å². The number of halogens is 2. The van der Waals surface area contributed by atoms with Crippen molar-refractivity contribution in [2.24, 2.45) is 5.92 Å². The molecule has 0 heterocycles. The zero-order valence-electron chi connectivity index (χ0n) is 11.3. The standard InChI is InChI=1S/C14H19BrClNO2/c1-9(2)13(15)8-17-14(18)10(3)19-12-6-4-5-11(16)7-12/h4-7,9-10,13H,8H2,1-3H3,(H,17,18). The fourth-order valence-electron chi connectivity index (χ4n) is 1.38. The minimum Gasteiger partial charge on any atom is -0.481 e. The third-order valence-corrected chi connectivity index (χ3v) is 4.29. The van der Waals surface area contributed by atoms with Crippen LogP contribution in [0.3, 0.4) is 0 Å². The molecule has 0 bridgehead atoms. The van der Waals surface area contributed by atoms with Gasteiger partial charge in [0.1, 0.15) is 5.75 Å². The first-order chi connectivity index (χ1) is 8.90. The topological polar surface area (TPSA) is 38.3 Å². The average Bonchev–Trinajstić information content (AvgIpc) is 2.35. The van der Waals surface area contributed by atoms with Crippen molar-refractivity contribution in [3.05, 3.63) is 29.3 Å². The highest BCUT2D eigenvalue weighted by Crippen LogP contribution is 2.18. The van der Waals surface area contributed by atoms with Crippen LogP contribution in [-0.4, -0.2) is 23.4 Å². The van der Waals surface area contributed by atoms with E-state index in [1.165, 1.54) is 0 Å². The maximum atomic E-state index is 11.9. The van der Waals surface area contributed by atoms with Crippen molar-refractivity contribution in [1.82, 2.24) is 5.32 Å². The van der Waals surface area contributed by atoms with Crippen molar-refractivity contribution in [3.63, 3.8) is 0 Å². The lowest BCUT2D eigenvalue weighted by Gasteiger charge is -2.18. The molecular formula is C14H19BrClNO2. The smallest absolute Gasteiger partial charge is 0.260 e. The summed E-state index contributed by atoms with van der Waals surface area (Å²) in [5.74, 6) is 0.920. The Hall–Kier alpha value is -0.740. The van der Waals surface area contributed by atoms with Gasteiger partial charge in [-0.05, 0) is 31.0 Å². The zero-order chi connectivity index (χ0) is 14.4. The second kappa shape index (κ2) is 7.75. The number of hydrogen-bond acceptors (Lipinski definition) is 2. The van der Waals surface area contributed by atoms with Crippen LogP contribution in [0.15, 0.2) is 24.3 Å². The molecule has 1 aromatic rings. The second-order valence-corrected chi connectivity index (χ2v) is 6.34. The van der Waals surface area contributed by atoms with Crippen LogP contribution in [0.2, 0.25) is 5.02 Å². The third kappa shape index (κ3) is 5.83. The normalized spacial score (nSPS) is 14.0. The number of nitrogens with one attached hydrogen (secondary N) is 1. The maximum absolute atomic E-state index is 11.9. The second-order valence-electron chi connectivity index (χ2n) is 4.72. The molecule has 19 heavy (non-hydrogen) atoms. The summed E-state index contributed by atoms with van der Waals surface area (Å²) in [7, 11) is 0. The molecule has 0 saturated heterocycles. The van der Waals surface area contributed by atoms with Crippen LogP contribution >= 0.6 is 27.5 Å². The Morgan fingerprint density at radius 3 is 2.68 bits per heavy atom. The number of amides is 1. The number of benzene rings is 1. The lowest BCUT2D eigenvalue weighted by molar-refractivity contribution is -0.127. The molecule has 1 rings (SSSR count). The monoisotopic (exact) mass is 347 g/mol. The van der Waals surface area contributed by atoms with E-state index in [4.69, 9.17) is 16.3 Å². The van der Waals surface area contributed by atoms with E-state index in [1.807, 2.05) is 0 Å². The van der Waals surface area contributed by atoms with Gasteiger partial charge in [0, 0.05) is 16.4 Å². The van der Waals surface area contributed by atoms with Gasteiger partial charge in [0.2, 0.25) is 0 Å². The molecule has 0 aromatic heterocycles. The van der Waals surface area contributed by atoms with Gasteiger partial charge >= 0.3 is 0 Å². The molecule has 0 spiro atoms. The summed E-state index contributed by atoms with van der Waals surface area (Å²) in [5, 5.41) is 3.44. The highest BCUT2D eigenvalue weighted by atomic mass is 79.9. The fourth-order valence-corrected chi connectivity index (χ4v) is 1.72. The molecule has 1 aromatic carbocycles. The van der Waals surface area contributed by atoms with Gasteiger partial charge in [-0.2, -0.15) is 0 Å². The number of carbonyl (C=O) groups is 1. The molecule has 0 radical (unpaired) electrons. The van der Waals surface area contributed by atoms with E-state index >= 15 is 0 Å². The van der Waals surface area contributed by atoms with E-state index in [9.17, 15) is 4.79 Å². The van der Waals surface area contributed by atoms with Gasteiger partial charge in [-0.25, -0.2) is 0 Å². The molecule has 3 nitrogen and oxygen atoms in total. The maximum Gasteiger partial charge on any atom is 0.260 e. The van der Waals surface area contributed by atoms with Crippen molar-refractivity contribution in [2.45, 2.75) is 31.7 Å². The summed E-state index contributed by atoms with van der Waals surface area (Å²) in [6, 6.07) is 7.01. The molecule has 5 heteroatoms. The predicted octanol–water partition coefficient (Wildman–Crippen LogP) is 3.64. The van der Waals surface area contributed by atoms with Gasteiger partial charge in [-0.1, -0.05) is 47.4 Å². The Balaban J connectivity index is 2.45. The van der Waals surface area contributed by atoms with E-state index in [2.05, 4.69) is 35.1 Å². The van der Waals surface area contributed by atoms with Gasteiger partial charge in [0.15, 0.2) is 6.10 Å². The molecule has 1 amide bonds. The molecule has 2 unspecified atom stereocenters. The minimum atomic E-state index is -0.551. The first-order valence-electron chi connectivity index (χ1n) is 6.24. The number of hydrogen-bond donors (Lipinski definition) is 1. The van der Waals surface area contributed by atoms with Crippen LogP contribution in [0.5, 0.6) is 5.75 Å². The average molecular weight is 349 g/mol. The summed E-state index contributed by atoms with van der Waals surface area (Å²) >= 11 is 9.38. The summed E-state index contributed by atoms with van der Waals surface area (Å²) in [5.41, 5.74) is 0. The molecular weight excluding hydrogens is 330 g/mol. The molecule has 0 aliphatic carbocycles. The highest BCUT2D eigenvalue weighted by Gasteiger charge is 2.17. The molecule has 2 atom stereocenters. The van der Waals surface area contributed by atoms with Crippen LogP contribution in [-0.2, 0) is 4.79 Å². The predicted molar refractivity (Wildman–Crippen MR) is 82.1 cm³/mol. The molecule has 0 fully saturated rings. The number of rotatable bonds is 6. The fraction of sp³-hybridized carbons (Fsp3) is 0.500. The van der Waals surface area contributed by atoms with Crippen LogP contribution in [0, 0.1) is 5.92 Å². The van der Waals surface area contributed by atoms with E-state index in [0.29, 0.717) is 23.2 Å². The van der Waals surface area contributed by atoms with Crippen molar-refractivity contribution in [3.8, 4) is 5.75 Å². The molecule has 106 valence electrons. The van der Waals surface area contributed by atoms with E-state index in [0.717, 1.165) is 0 Å². The molecule has 0 aliphatic heterocycles. The van der Waals surface area contributed by atoms with Gasteiger partial charge < -0.3 is 10.1 Å². The van der Waals surface area contributed by atoms with E-state index in [-0.39, 0.29) is 10.7 Å². The zero-order valence-corrected chi connectivity index (χ0v) is 13.7. The molecule has 0 saturated carbocycles. The van der Waals surface area contributed by atoms with Gasteiger partial charge in [-0.15, -0.1) is 0 Å². The summed E-state index contributed by atoms with van der Waals surface area (Å²) in [6.45, 7) is 6.49. The van der Waals surface area contributed by atoms with Crippen LogP contribution in [0.4, 0.5) is 0 Å². The lowest BCUT2D eigenvalue weighted by Crippen LogP contribution is -2.40. The van der Waals surface area contributed by atoms with Gasteiger partial charge in [0.25, 0.3) is 5.91 Å². The minimum absolute atomic E-state index is 0.134. The summed E-state index contributed by atoms with van der Waals surface area (Å²) in [6.07, 6.45) is -0.551. The SMILES string of the molecule is CC(Oc1cccc(Cl)c1)C(=O)NCC(Br)C(C)C. The molecule has 0 aliphatic rings. The van der Waals surface area contributed by atoms with Crippen LogP contribution < -0.4 is 10.1 Å². The van der Waals surface area contributed by atoms with Gasteiger partial charge in [-0.3, -0.25) is 4.79 Å². The Morgan fingerprint density at radius 1 is 1.42 bits per heavy atom. The quantitative estimate of drug-likeness (QED) is 0.797. The summed E-state index contributed by atoms with van der Waals surface area (Å²) < 4.78 is 5.54. The van der Waals surface area contributed by atoms with Crippen molar-refractivity contribution >= 4 is 33.4 Å². The van der Waals surface area contributed by atoms with Crippen LogP contribution in [0.25, 0.3) is 0 Å². The number of alkyl halides is 1. The Bertz CT molecular complexity index is 426. The largest absolute Gasteiger partial charge is 0.481 e. The molecule has 1 N–H and O–H groups in total. The van der Waals surface area contributed by atoms with E-state index in [1.54, 1.807) is 31.2 Å². The van der Waals surface area contributed by atoms with E-state index < -0.39 is 6.10 Å². The Kier molecular flexibility index (Phi) is 6.66. The lowest BCUT2D eigenvalue weighted by atomic mass is 10.1.